The number of para-hydroxylation sites is 2. The largest absolute Gasteiger partial charge is 0.443 e. The normalized spacial score (nSPS) is 11.2. The average molecular weight is 290 g/mol. The van der Waals surface area contributed by atoms with Crippen LogP contribution >= 0.6 is 0 Å². The van der Waals surface area contributed by atoms with Gasteiger partial charge >= 0.3 is 0 Å². The van der Waals surface area contributed by atoms with E-state index in [0.29, 0.717) is 0 Å². The highest BCUT2D eigenvalue weighted by Gasteiger charge is 2.16. The lowest BCUT2D eigenvalue weighted by atomic mass is 10.1. The van der Waals surface area contributed by atoms with E-state index in [1.54, 1.807) is 6.33 Å². The summed E-state index contributed by atoms with van der Waals surface area (Å²) in [6.45, 7) is 4.17. The van der Waals surface area contributed by atoms with Gasteiger partial charge in [0, 0.05) is 5.56 Å². The van der Waals surface area contributed by atoms with Gasteiger partial charge in [0.1, 0.15) is 11.8 Å². The van der Waals surface area contributed by atoms with Crippen LogP contribution in [0.5, 0.6) is 0 Å². The van der Waals surface area contributed by atoms with Crippen LogP contribution in [0.4, 0.5) is 0 Å². The van der Waals surface area contributed by atoms with Crippen molar-refractivity contribution in [3.63, 3.8) is 0 Å². The topological polar surface area (TPSA) is 56.7 Å². The Labute approximate surface area is 127 Å². The maximum atomic E-state index is 5.38. The van der Waals surface area contributed by atoms with Gasteiger partial charge in [-0.1, -0.05) is 24.3 Å². The fourth-order valence-electron chi connectivity index (χ4n) is 2.83. The first kappa shape index (κ1) is 12.8. The monoisotopic (exact) mass is 290 g/mol. The van der Waals surface area contributed by atoms with Gasteiger partial charge in [-0.25, -0.2) is 4.98 Å². The minimum atomic E-state index is 0.744. The third-order valence-electron chi connectivity index (χ3n) is 3.83. The smallest absolute Gasteiger partial charge is 0.182 e. The van der Waals surface area contributed by atoms with Gasteiger partial charge in [0.05, 0.1) is 5.69 Å². The van der Waals surface area contributed by atoms with Gasteiger partial charge in [-0.2, -0.15) is 0 Å². The van der Waals surface area contributed by atoms with E-state index < -0.39 is 0 Å². The van der Waals surface area contributed by atoms with Crippen molar-refractivity contribution in [2.24, 2.45) is 0 Å². The molecule has 4 aromatic rings. The maximum Gasteiger partial charge on any atom is 0.182 e. The van der Waals surface area contributed by atoms with E-state index in [-0.39, 0.29) is 0 Å². The third-order valence-corrected chi connectivity index (χ3v) is 3.83. The molecule has 0 spiro atoms. The van der Waals surface area contributed by atoms with Gasteiger partial charge in [0.25, 0.3) is 0 Å². The number of rotatable bonds is 2. The van der Waals surface area contributed by atoms with Gasteiger partial charge in [-0.3, -0.25) is 4.57 Å². The zero-order chi connectivity index (χ0) is 15.1. The second-order valence-corrected chi connectivity index (χ2v) is 5.27. The molecule has 0 unspecified atom stereocenters. The lowest BCUT2D eigenvalue weighted by Gasteiger charge is -2.12. The zero-order valence-corrected chi connectivity index (χ0v) is 12.3. The average Bonchev–Trinajstić information content (AvgIpc) is 3.15. The molecule has 0 saturated carbocycles. The maximum absolute atomic E-state index is 5.38. The molecule has 22 heavy (non-hydrogen) atoms. The highest BCUT2D eigenvalue weighted by molar-refractivity contribution is 5.88. The Balaban J connectivity index is 2.00. The van der Waals surface area contributed by atoms with Gasteiger partial charge in [-0.15, -0.1) is 10.2 Å². The van der Waals surface area contributed by atoms with Crippen LogP contribution in [0.2, 0.25) is 0 Å². The predicted molar refractivity (Wildman–Crippen MR) is 83.8 cm³/mol. The SMILES string of the molecule is Cc1cccc(C)c1-n1cnnc1-c1cccc2ocnc12. The van der Waals surface area contributed by atoms with Crippen LogP contribution in [0.25, 0.3) is 28.2 Å². The lowest BCUT2D eigenvalue weighted by molar-refractivity contribution is 0.602. The Hall–Kier alpha value is -2.95. The summed E-state index contributed by atoms with van der Waals surface area (Å²) in [5, 5.41) is 8.41. The molecule has 0 N–H and O–H groups in total. The molecule has 2 aromatic heterocycles. The molecule has 0 aliphatic rings. The minimum Gasteiger partial charge on any atom is -0.443 e. The summed E-state index contributed by atoms with van der Waals surface area (Å²) in [5.41, 5.74) is 5.90. The second kappa shape index (κ2) is 4.80. The van der Waals surface area contributed by atoms with Crippen molar-refractivity contribution in [2.45, 2.75) is 13.8 Å². The number of fused-ring (bicyclic) bond motifs is 1. The Morgan fingerprint density at radius 1 is 1.00 bits per heavy atom. The van der Waals surface area contributed by atoms with Gasteiger partial charge in [-0.05, 0) is 37.1 Å². The number of nitrogens with zero attached hydrogens (tertiary/aromatic N) is 4. The Morgan fingerprint density at radius 3 is 2.59 bits per heavy atom. The van der Waals surface area contributed by atoms with Crippen LogP contribution in [0.1, 0.15) is 11.1 Å². The van der Waals surface area contributed by atoms with Crippen molar-refractivity contribution < 1.29 is 4.42 Å². The second-order valence-electron chi connectivity index (χ2n) is 5.27. The van der Waals surface area contributed by atoms with E-state index in [1.165, 1.54) is 17.5 Å². The van der Waals surface area contributed by atoms with Gasteiger partial charge in [0.15, 0.2) is 17.8 Å². The first-order chi connectivity index (χ1) is 10.8. The third kappa shape index (κ3) is 1.83. The number of oxazole rings is 1. The summed E-state index contributed by atoms with van der Waals surface area (Å²) < 4.78 is 7.39. The summed E-state index contributed by atoms with van der Waals surface area (Å²) >= 11 is 0. The van der Waals surface area contributed by atoms with Crippen LogP contribution in [0.15, 0.2) is 53.5 Å². The highest BCUT2D eigenvalue weighted by atomic mass is 16.3. The number of benzene rings is 2. The number of aryl methyl sites for hydroxylation is 2. The van der Waals surface area contributed by atoms with E-state index in [1.807, 2.05) is 22.8 Å². The van der Waals surface area contributed by atoms with Crippen LogP contribution in [-0.2, 0) is 0 Å². The molecule has 108 valence electrons. The fourth-order valence-corrected chi connectivity index (χ4v) is 2.83. The zero-order valence-electron chi connectivity index (χ0n) is 12.3. The minimum absolute atomic E-state index is 0.744. The van der Waals surface area contributed by atoms with Crippen molar-refractivity contribution in [3.05, 3.63) is 60.2 Å². The van der Waals surface area contributed by atoms with Crippen molar-refractivity contribution >= 4 is 11.1 Å². The van der Waals surface area contributed by atoms with E-state index >= 15 is 0 Å². The van der Waals surface area contributed by atoms with Crippen molar-refractivity contribution in [3.8, 4) is 17.1 Å². The molecular formula is C17H14N4O. The van der Waals surface area contributed by atoms with Crippen LogP contribution < -0.4 is 0 Å². The first-order valence-corrected chi connectivity index (χ1v) is 7.05. The molecule has 0 fully saturated rings. The molecule has 2 heterocycles. The number of hydrogen-bond donors (Lipinski definition) is 0. The molecule has 0 radical (unpaired) electrons. The van der Waals surface area contributed by atoms with E-state index in [4.69, 9.17) is 4.42 Å². The summed E-state index contributed by atoms with van der Waals surface area (Å²) in [4.78, 5) is 4.31. The summed E-state index contributed by atoms with van der Waals surface area (Å²) in [7, 11) is 0. The number of hydrogen-bond acceptors (Lipinski definition) is 4. The van der Waals surface area contributed by atoms with Gasteiger partial charge in [0.2, 0.25) is 0 Å². The molecule has 0 bridgehead atoms. The molecular weight excluding hydrogens is 276 g/mol. The fraction of sp³-hybridized carbons (Fsp3) is 0.118. The van der Waals surface area contributed by atoms with Crippen LogP contribution in [-0.4, -0.2) is 19.7 Å². The molecule has 0 aliphatic carbocycles. The molecule has 0 aliphatic heterocycles. The Kier molecular flexibility index (Phi) is 2.79. The van der Waals surface area contributed by atoms with E-state index in [0.717, 1.165) is 28.2 Å². The molecule has 5 heteroatoms. The summed E-state index contributed by atoms with van der Waals surface area (Å²) in [6, 6.07) is 12.0. The van der Waals surface area contributed by atoms with Crippen LogP contribution in [0, 0.1) is 13.8 Å². The lowest BCUT2D eigenvalue weighted by Crippen LogP contribution is -2.01. The molecule has 5 nitrogen and oxygen atoms in total. The predicted octanol–water partition coefficient (Wildman–Crippen LogP) is 3.69. The Morgan fingerprint density at radius 2 is 1.77 bits per heavy atom. The molecule has 0 atom stereocenters. The highest BCUT2D eigenvalue weighted by Crippen LogP contribution is 2.29. The first-order valence-electron chi connectivity index (χ1n) is 7.05. The molecule has 2 aromatic carbocycles. The molecule has 4 rings (SSSR count). The summed E-state index contributed by atoms with van der Waals surface area (Å²) in [5.74, 6) is 0.761. The Bertz CT molecular complexity index is 947. The van der Waals surface area contributed by atoms with Crippen molar-refractivity contribution in [2.75, 3.05) is 0 Å². The number of aromatic nitrogens is 4. The summed E-state index contributed by atoms with van der Waals surface area (Å²) in [6.07, 6.45) is 3.19. The van der Waals surface area contributed by atoms with E-state index in [2.05, 4.69) is 47.2 Å². The van der Waals surface area contributed by atoms with Crippen LogP contribution in [0.3, 0.4) is 0 Å². The van der Waals surface area contributed by atoms with Gasteiger partial charge < -0.3 is 4.42 Å². The standard InChI is InChI=1S/C17H14N4O/c1-11-5-3-6-12(2)16(11)21-9-19-20-17(21)13-7-4-8-14-15(13)18-10-22-14/h3-10H,1-2H3. The van der Waals surface area contributed by atoms with E-state index in [9.17, 15) is 0 Å². The molecule has 0 saturated heterocycles. The molecule has 0 amide bonds. The van der Waals surface area contributed by atoms with Crippen molar-refractivity contribution in [1.82, 2.24) is 19.7 Å². The van der Waals surface area contributed by atoms with Crippen molar-refractivity contribution in [1.29, 1.82) is 0 Å². The quantitative estimate of drug-likeness (QED) is 0.565.